The number of aliphatic hydroxyl groups excluding tert-OH is 1. The first-order chi connectivity index (χ1) is 9.76. The van der Waals surface area contributed by atoms with Crippen LogP contribution in [0.5, 0.6) is 0 Å². The summed E-state index contributed by atoms with van der Waals surface area (Å²) in [7, 11) is 0. The van der Waals surface area contributed by atoms with Crippen LogP contribution in [0.4, 0.5) is 0 Å². The maximum Gasteiger partial charge on any atom is 0.0820 e. The highest BCUT2D eigenvalue weighted by molar-refractivity contribution is 5.30. The van der Waals surface area contributed by atoms with Crippen molar-refractivity contribution in [2.75, 3.05) is 0 Å². The Bertz CT molecular complexity index is 399. The van der Waals surface area contributed by atoms with Gasteiger partial charge in [-0.3, -0.25) is 0 Å². The van der Waals surface area contributed by atoms with Crippen molar-refractivity contribution >= 4 is 0 Å². The Morgan fingerprint density at radius 3 is 2.80 bits per heavy atom. The highest BCUT2D eigenvalue weighted by Gasteiger charge is 2.27. The fourth-order valence-corrected chi connectivity index (χ4v) is 3.67. The first-order valence-electron chi connectivity index (χ1n) is 8.52. The summed E-state index contributed by atoms with van der Waals surface area (Å²) in [5.74, 6) is 1.25. The summed E-state index contributed by atoms with van der Waals surface area (Å²) >= 11 is 0. The van der Waals surface area contributed by atoms with Crippen LogP contribution in [0.3, 0.4) is 0 Å². The van der Waals surface area contributed by atoms with Gasteiger partial charge >= 0.3 is 0 Å². The molecule has 1 nitrogen and oxygen atoms in total. The zero-order chi connectivity index (χ0) is 14.4. The van der Waals surface area contributed by atoms with Crippen LogP contribution in [-0.2, 0) is 6.42 Å². The molecule has 1 N–H and O–H groups in total. The van der Waals surface area contributed by atoms with Gasteiger partial charge in [0.2, 0.25) is 0 Å². The van der Waals surface area contributed by atoms with Crippen LogP contribution < -0.4 is 0 Å². The van der Waals surface area contributed by atoms with E-state index in [0.29, 0.717) is 5.92 Å². The highest BCUT2D eigenvalue weighted by atomic mass is 16.3. The number of fused-ring (bicyclic) bond motifs is 1. The van der Waals surface area contributed by atoms with Gasteiger partial charge in [0.25, 0.3) is 0 Å². The van der Waals surface area contributed by atoms with Crippen molar-refractivity contribution in [3.63, 3.8) is 0 Å². The number of benzene rings is 1. The van der Waals surface area contributed by atoms with E-state index < -0.39 is 0 Å². The number of aryl methyl sites for hydroxylation is 1. The number of hydrogen-bond donors (Lipinski definition) is 1. The van der Waals surface area contributed by atoms with E-state index in [1.165, 1.54) is 56.1 Å². The van der Waals surface area contributed by atoms with Gasteiger partial charge in [-0.15, -0.1) is 0 Å². The maximum absolute atomic E-state index is 10.8. The van der Waals surface area contributed by atoms with Crippen LogP contribution in [0, 0.1) is 11.8 Å². The van der Waals surface area contributed by atoms with Crippen molar-refractivity contribution in [2.24, 2.45) is 11.8 Å². The van der Waals surface area contributed by atoms with E-state index in [2.05, 4.69) is 38.1 Å². The molecule has 1 aromatic carbocycles. The summed E-state index contributed by atoms with van der Waals surface area (Å²) in [4.78, 5) is 0. The van der Waals surface area contributed by atoms with Gasteiger partial charge in [-0.05, 0) is 48.6 Å². The van der Waals surface area contributed by atoms with Crippen LogP contribution in [0.2, 0.25) is 0 Å². The molecule has 0 bridgehead atoms. The van der Waals surface area contributed by atoms with Crippen LogP contribution in [-0.4, -0.2) is 5.11 Å². The fourth-order valence-electron chi connectivity index (χ4n) is 3.67. The van der Waals surface area contributed by atoms with E-state index in [-0.39, 0.29) is 6.10 Å². The Hall–Kier alpha value is -0.820. The third-order valence-corrected chi connectivity index (χ3v) is 5.02. The van der Waals surface area contributed by atoms with Gasteiger partial charge < -0.3 is 5.11 Å². The zero-order valence-corrected chi connectivity index (χ0v) is 13.1. The van der Waals surface area contributed by atoms with E-state index in [1.807, 2.05) is 0 Å². The van der Waals surface area contributed by atoms with Crippen molar-refractivity contribution in [1.29, 1.82) is 0 Å². The molecular weight excluding hydrogens is 244 g/mol. The van der Waals surface area contributed by atoms with Crippen molar-refractivity contribution in [1.82, 2.24) is 0 Å². The average Bonchev–Trinajstić information content (AvgIpc) is 2.64. The molecule has 0 saturated heterocycles. The van der Waals surface area contributed by atoms with Gasteiger partial charge in [0.1, 0.15) is 0 Å². The van der Waals surface area contributed by atoms with E-state index in [0.717, 1.165) is 12.3 Å². The predicted molar refractivity (Wildman–Crippen MR) is 85.8 cm³/mol. The minimum atomic E-state index is -0.246. The molecule has 1 heteroatoms. The maximum atomic E-state index is 10.8. The number of aliphatic hydroxyl groups is 1. The molecule has 3 unspecified atom stereocenters. The summed E-state index contributed by atoms with van der Waals surface area (Å²) in [5.41, 5.74) is 2.56. The molecule has 0 saturated carbocycles. The molecule has 112 valence electrons. The minimum absolute atomic E-state index is 0.246. The standard InChI is InChI=1S/C19H30O/c1-3-5-9-15(4-2)14-17-12-8-11-16-10-6-7-13-18(16)19(17)20/h6-7,10,13,15,17,19-20H,3-5,8-9,11-12,14H2,1-2H3. The summed E-state index contributed by atoms with van der Waals surface area (Å²) in [6.07, 6.45) is 9.69. The molecule has 0 amide bonds. The lowest BCUT2D eigenvalue weighted by atomic mass is 9.82. The lowest BCUT2D eigenvalue weighted by Crippen LogP contribution is -2.16. The van der Waals surface area contributed by atoms with Crippen LogP contribution in [0.25, 0.3) is 0 Å². The summed E-state index contributed by atoms with van der Waals surface area (Å²) in [6, 6.07) is 8.49. The van der Waals surface area contributed by atoms with Crippen molar-refractivity contribution in [3.05, 3.63) is 35.4 Å². The van der Waals surface area contributed by atoms with Crippen LogP contribution >= 0.6 is 0 Å². The first kappa shape index (κ1) is 15.6. The Balaban J connectivity index is 2.05. The molecule has 0 aliphatic heterocycles. The first-order valence-corrected chi connectivity index (χ1v) is 8.52. The lowest BCUT2D eigenvalue weighted by Gasteiger charge is -2.26. The van der Waals surface area contributed by atoms with E-state index >= 15 is 0 Å². The number of rotatable bonds is 6. The van der Waals surface area contributed by atoms with E-state index in [9.17, 15) is 5.11 Å². The second-order valence-electron chi connectivity index (χ2n) is 6.45. The lowest BCUT2D eigenvalue weighted by molar-refractivity contribution is 0.0867. The summed E-state index contributed by atoms with van der Waals surface area (Å²) < 4.78 is 0. The molecule has 1 aliphatic rings. The third kappa shape index (κ3) is 3.85. The smallest absolute Gasteiger partial charge is 0.0820 e. The largest absolute Gasteiger partial charge is 0.388 e. The van der Waals surface area contributed by atoms with Crippen molar-refractivity contribution < 1.29 is 5.11 Å². The molecule has 1 aromatic rings. The minimum Gasteiger partial charge on any atom is -0.388 e. The van der Waals surface area contributed by atoms with Crippen molar-refractivity contribution in [3.8, 4) is 0 Å². The Morgan fingerprint density at radius 2 is 2.05 bits per heavy atom. The Kier molecular flexibility index (Phi) is 6.09. The van der Waals surface area contributed by atoms with Crippen molar-refractivity contribution in [2.45, 2.75) is 71.3 Å². The second-order valence-corrected chi connectivity index (χ2v) is 6.45. The molecular formula is C19H30O. The fraction of sp³-hybridized carbons (Fsp3) is 0.684. The molecule has 3 atom stereocenters. The molecule has 20 heavy (non-hydrogen) atoms. The highest BCUT2D eigenvalue weighted by Crippen LogP contribution is 2.38. The van der Waals surface area contributed by atoms with Gasteiger partial charge in [-0.1, -0.05) is 63.8 Å². The zero-order valence-electron chi connectivity index (χ0n) is 13.1. The molecule has 0 spiro atoms. The third-order valence-electron chi connectivity index (χ3n) is 5.02. The SMILES string of the molecule is CCCCC(CC)CC1CCCc2ccccc2C1O. The molecule has 0 aromatic heterocycles. The van der Waals surface area contributed by atoms with Gasteiger partial charge in [0, 0.05) is 0 Å². The van der Waals surface area contributed by atoms with E-state index in [4.69, 9.17) is 0 Å². The van der Waals surface area contributed by atoms with Gasteiger partial charge in [-0.2, -0.15) is 0 Å². The Morgan fingerprint density at radius 1 is 1.25 bits per heavy atom. The molecule has 0 radical (unpaired) electrons. The average molecular weight is 274 g/mol. The number of hydrogen-bond acceptors (Lipinski definition) is 1. The van der Waals surface area contributed by atoms with Gasteiger partial charge in [-0.25, -0.2) is 0 Å². The Labute approximate surface area is 124 Å². The molecule has 0 heterocycles. The summed E-state index contributed by atoms with van der Waals surface area (Å²) in [6.45, 7) is 4.57. The topological polar surface area (TPSA) is 20.2 Å². The molecule has 1 aliphatic carbocycles. The number of unbranched alkanes of at least 4 members (excludes halogenated alkanes) is 1. The molecule has 2 rings (SSSR count). The molecule has 0 fully saturated rings. The normalized spacial score (nSPS) is 23.9. The predicted octanol–water partition coefficient (Wildman–Crippen LogP) is 5.28. The monoisotopic (exact) mass is 274 g/mol. The quantitative estimate of drug-likeness (QED) is 0.700. The summed E-state index contributed by atoms with van der Waals surface area (Å²) in [5, 5.41) is 10.8. The van der Waals surface area contributed by atoms with Crippen LogP contribution in [0.1, 0.15) is 76.0 Å². The van der Waals surface area contributed by atoms with E-state index in [1.54, 1.807) is 0 Å². The van der Waals surface area contributed by atoms with Gasteiger partial charge in [0.05, 0.1) is 6.10 Å². The van der Waals surface area contributed by atoms with Gasteiger partial charge in [0.15, 0.2) is 0 Å². The second kappa shape index (κ2) is 7.83. The van der Waals surface area contributed by atoms with Crippen LogP contribution in [0.15, 0.2) is 24.3 Å².